The molecule has 4 nitrogen and oxygen atoms in total. The molecule has 0 saturated carbocycles. The maximum Gasteiger partial charge on any atom is 0.125 e. The Bertz CT molecular complexity index is 603. The van der Waals surface area contributed by atoms with Gasteiger partial charge in [-0.3, -0.25) is 0 Å². The largest absolute Gasteiger partial charge is 0.497 e. The molecule has 2 aromatic rings. The van der Waals surface area contributed by atoms with Gasteiger partial charge in [0.1, 0.15) is 11.6 Å². The van der Waals surface area contributed by atoms with Crippen LogP contribution >= 0.6 is 11.6 Å². The van der Waals surface area contributed by atoms with Crippen molar-refractivity contribution >= 4 is 22.6 Å². The number of halogens is 1. The summed E-state index contributed by atoms with van der Waals surface area (Å²) in [6, 6.07) is 5.91. The van der Waals surface area contributed by atoms with Crippen molar-refractivity contribution < 1.29 is 9.47 Å². The minimum atomic E-state index is -0.0780. The van der Waals surface area contributed by atoms with Gasteiger partial charge in [0.15, 0.2) is 0 Å². The van der Waals surface area contributed by atoms with Crippen LogP contribution in [0.15, 0.2) is 18.2 Å². The third-order valence-electron chi connectivity index (χ3n) is 3.79. The van der Waals surface area contributed by atoms with E-state index < -0.39 is 0 Å². The second-order valence-corrected chi connectivity index (χ2v) is 5.42. The van der Waals surface area contributed by atoms with Gasteiger partial charge in [0.25, 0.3) is 0 Å². The van der Waals surface area contributed by atoms with Crippen molar-refractivity contribution in [1.82, 2.24) is 9.55 Å². The minimum Gasteiger partial charge on any atom is -0.497 e. The molecular formula is C14H17ClN2O2. The second-order valence-electron chi connectivity index (χ2n) is 5.15. The molecule has 5 heteroatoms. The molecule has 2 heterocycles. The number of methoxy groups -OCH3 is 1. The first-order valence-electron chi connectivity index (χ1n) is 6.37. The van der Waals surface area contributed by atoms with Crippen LogP contribution in [0.1, 0.15) is 19.2 Å². The van der Waals surface area contributed by atoms with Gasteiger partial charge in [0.2, 0.25) is 0 Å². The van der Waals surface area contributed by atoms with E-state index in [0.717, 1.165) is 35.6 Å². The highest BCUT2D eigenvalue weighted by Gasteiger charge is 2.34. The van der Waals surface area contributed by atoms with Crippen molar-refractivity contribution in [3.8, 4) is 5.75 Å². The lowest BCUT2D eigenvalue weighted by Crippen LogP contribution is -2.31. The molecular weight excluding hydrogens is 264 g/mol. The zero-order valence-electron chi connectivity index (χ0n) is 11.1. The molecule has 19 heavy (non-hydrogen) atoms. The summed E-state index contributed by atoms with van der Waals surface area (Å²) in [6.45, 7) is 3.66. The van der Waals surface area contributed by atoms with E-state index in [1.54, 1.807) is 7.11 Å². The highest BCUT2D eigenvalue weighted by atomic mass is 35.5. The highest BCUT2D eigenvalue weighted by molar-refractivity contribution is 6.16. The molecule has 1 aromatic heterocycles. The molecule has 0 amide bonds. The molecule has 0 aliphatic carbocycles. The van der Waals surface area contributed by atoms with E-state index in [4.69, 9.17) is 21.1 Å². The van der Waals surface area contributed by atoms with Gasteiger partial charge in [-0.1, -0.05) is 0 Å². The fourth-order valence-electron chi connectivity index (χ4n) is 2.76. The Labute approximate surface area is 117 Å². The van der Waals surface area contributed by atoms with Crippen LogP contribution in [0.25, 0.3) is 11.0 Å². The van der Waals surface area contributed by atoms with Crippen molar-refractivity contribution in [2.24, 2.45) is 0 Å². The van der Waals surface area contributed by atoms with Crippen LogP contribution in [-0.4, -0.2) is 29.9 Å². The van der Waals surface area contributed by atoms with E-state index in [0.29, 0.717) is 12.5 Å². The summed E-state index contributed by atoms with van der Waals surface area (Å²) >= 11 is 6.06. The molecule has 1 fully saturated rings. The van der Waals surface area contributed by atoms with E-state index in [-0.39, 0.29) is 5.54 Å². The first-order valence-corrected chi connectivity index (χ1v) is 6.91. The lowest BCUT2D eigenvalue weighted by Gasteiger charge is -2.26. The van der Waals surface area contributed by atoms with E-state index in [9.17, 15) is 0 Å². The number of alkyl halides is 1. The van der Waals surface area contributed by atoms with E-state index in [1.165, 1.54) is 0 Å². The predicted molar refractivity (Wildman–Crippen MR) is 74.9 cm³/mol. The number of imidazole rings is 1. The van der Waals surface area contributed by atoms with Crippen LogP contribution in [0, 0.1) is 0 Å². The highest BCUT2D eigenvalue weighted by Crippen LogP contribution is 2.34. The number of hydrogen-bond donors (Lipinski definition) is 0. The Morgan fingerprint density at radius 1 is 1.53 bits per heavy atom. The number of rotatable bonds is 3. The zero-order valence-corrected chi connectivity index (χ0v) is 11.9. The molecule has 0 bridgehead atoms. The number of ether oxygens (including phenoxy) is 2. The lowest BCUT2D eigenvalue weighted by molar-refractivity contribution is 0.162. The summed E-state index contributed by atoms with van der Waals surface area (Å²) in [7, 11) is 1.67. The molecule has 1 aliphatic rings. The Kier molecular flexibility index (Phi) is 3.15. The number of fused-ring (bicyclic) bond motifs is 1. The molecule has 1 saturated heterocycles. The Balaban J connectivity index is 2.24. The minimum absolute atomic E-state index is 0.0780. The molecule has 1 unspecified atom stereocenters. The first kappa shape index (κ1) is 12.8. The normalized spacial score (nSPS) is 23.1. The summed E-state index contributed by atoms with van der Waals surface area (Å²) in [5.41, 5.74) is 1.93. The SMILES string of the molecule is COc1ccc2nc(CCl)n(C3(C)CCOC3)c2c1. The third-order valence-corrected chi connectivity index (χ3v) is 4.03. The van der Waals surface area contributed by atoms with Crippen molar-refractivity contribution in [1.29, 1.82) is 0 Å². The number of benzene rings is 1. The Morgan fingerprint density at radius 3 is 3.00 bits per heavy atom. The van der Waals surface area contributed by atoms with E-state index in [2.05, 4.69) is 16.5 Å². The molecule has 0 spiro atoms. The summed E-state index contributed by atoms with van der Waals surface area (Å²) in [5, 5.41) is 0. The van der Waals surface area contributed by atoms with E-state index in [1.807, 2.05) is 18.2 Å². The van der Waals surface area contributed by atoms with Crippen LogP contribution in [0.4, 0.5) is 0 Å². The summed E-state index contributed by atoms with van der Waals surface area (Å²) < 4.78 is 13.1. The molecule has 1 atom stereocenters. The summed E-state index contributed by atoms with van der Waals surface area (Å²) in [5.74, 6) is 2.11. The predicted octanol–water partition coefficient (Wildman–Crippen LogP) is 2.92. The number of aromatic nitrogens is 2. The van der Waals surface area contributed by atoms with Crippen LogP contribution in [0.3, 0.4) is 0 Å². The zero-order chi connectivity index (χ0) is 13.5. The summed E-state index contributed by atoms with van der Waals surface area (Å²) in [4.78, 5) is 4.62. The quantitative estimate of drug-likeness (QED) is 0.811. The summed E-state index contributed by atoms with van der Waals surface area (Å²) in [6.07, 6.45) is 0.972. The second kappa shape index (κ2) is 4.69. The molecule has 0 N–H and O–H groups in total. The number of nitrogens with zero attached hydrogens (tertiary/aromatic N) is 2. The Hall–Kier alpha value is -1.26. The van der Waals surface area contributed by atoms with Gasteiger partial charge in [0, 0.05) is 12.7 Å². The smallest absolute Gasteiger partial charge is 0.125 e. The van der Waals surface area contributed by atoms with Crippen LogP contribution < -0.4 is 4.74 Å². The van der Waals surface area contributed by atoms with Gasteiger partial charge in [0.05, 0.1) is 36.2 Å². The Morgan fingerprint density at radius 2 is 2.37 bits per heavy atom. The molecule has 0 radical (unpaired) electrons. The van der Waals surface area contributed by atoms with Gasteiger partial charge in [-0.25, -0.2) is 4.98 Å². The average molecular weight is 281 g/mol. The van der Waals surface area contributed by atoms with Crippen molar-refractivity contribution in [3.63, 3.8) is 0 Å². The molecule has 3 rings (SSSR count). The fourth-order valence-corrected chi connectivity index (χ4v) is 2.94. The topological polar surface area (TPSA) is 36.3 Å². The van der Waals surface area contributed by atoms with E-state index >= 15 is 0 Å². The third kappa shape index (κ3) is 1.99. The van der Waals surface area contributed by atoms with Crippen LogP contribution in [-0.2, 0) is 16.2 Å². The van der Waals surface area contributed by atoms with Gasteiger partial charge in [-0.2, -0.15) is 0 Å². The van der Waals surface area contributed by atoms with Gasteiger partial charge in [-0.05, 0) is 25.5 Å². The average Bonchev–Trinajstić information content (AvgIpc) is 3.01. The molecule has 1 aliphatic heterocycles. The van der Waals surface area contributed by atoms with Crippen LogP contribution in [0.5, 0.6) is 5.75 Å². The number of hydrogen-bond acceptors (Lipinski definition) is 3. The van der Waals surface area contributed by atoms with Crippen molar-refractivity contribution in [3.05, 3.63) is 24.0 Å². The van der Waals surface area contributed by atoms with Crippen molar-refractivity contribution in [2.45, 2.75) is 24.8 Å². The van der Waals surface area contributed by atoms with Crippen LogP contribution in [0.2, 0.25) is 0 Å². The molecule has 102 valence electrons. The standard InChI is InChI=1S/C14H17ClN2O2/c1-14(5-6-19-9-14)17-12-7-10(18-2)3-4-11(12)16-13(17)8-15/h3-4,7H,5-6,8-9H2,1-2H3. The lowest BCUT2D eigenvalue weighted by atomic mass is 10.0. The first-order chi connectivity index (χ1) is 9.18. The molecule has 1 aromatic carbocycles. The van der Waals surface area contributed by atoms with Crippen molar-refractivity contribution in [2.75, 3.05) is 20.3 Å². The van der Waals surface area contributed by atoms with Gasteiger partial charge < -0.3 is 14.0 Å². The fraction of sp³-hybridized carbons (Fsp3) is 0.500. The maximum atomic E-state index is 6.06. The maximum absolute atomic E-state index is 6.06. The van der Waals surface area contributed by atoms with Gasteiger partial charge >= 0.3 is 0 Å². The monoisotopic (exact) mass is 280 g/mol. The van der Waals surface area contributed by atoms with Gasteiger partial charge in [-0.15, -0.1) is 11.6 Å².